The summed E-state index contributed by atoms with van der Waals surface area (Å²) in [5.74, 6) is 0. The van der Waals surface area contributed by atoms with E-state index in [9.17, 15) is 0 Å². The van der Waals surface area contributed by atoms with Crippen LogP contribution in [-0.4, -0.2) is 23.3 Å². The summed E-state index contributed by atoms with van der Waals surface area (Å²) >= 11 is 0. The van der Waals surface area contributed by atoms with Crippen LogP contribution < -0.4 is 5.32 Å². The summed E-state index contributed by atoms with van der Waals surface area (Å²) in [6.45, 7) is 7.25. The SMILES string of the molecule is CCn1c2ccccc2c2cc(CNC(C)C3CCCO3)ccc21. The zero-order valence-corrected chi connectivity index (χ0v) is 14.6. The lowest BCUT2D eigenvalue weighted by Gasteiger charge is -2.20. The van der Waals surface area contributed by atoms with Crippen LogP contribution in [-0.2, 0) is 17.8 Å². The van der Waals surface area contributed by atoms with Gasteiger partial charge in [-0.15, -0.1) is 0 Å². The summed E-state index contributed by atoms with van der Waals surface area (Å²) in [5, 5.41) is 6.35. The Morgan fingerprint density at radius 2 is 2.00 bits per heavy atom. The largest absolute Gasteiger partial charge is 0.377 e. The third-order valence-corrected chi connectivity index (χ3v) is 5.30. The first-order valence-electron chi connectivity index (χ1n) is 9.13. The second-order valence-electron chi connectivity index (χ2n) is 6.83. The monoisotopic (exact) mass is 322 g/mol. The van der Waals surface area contributed by atoms with Gasteiger partial charge in [0.05, 0.1) is 6.10 Å². The molecule has 3 aromatic rings. The first kappa shape index (κ1) is 15.7. The number of hydrogen-bond donors (Lipinski definition) is 1. The lowest BCUT2D eigenvalue weighted by atomic mass is 10.1. The maximum Gasteiger partial charge on any atom is 0.0726 e. The second kappa shape index (κ2) is 6.58. The molecule has 24 heavy (non-hydrogen) atoms. The van der Waals surface area contributed by atoms with Crippen molar-refractivity contribution >= 4 is 21.8 Å². The molecule has 0 saturated carbocycles. The van der Waals surface area contributed by atoms with Gasteiger partial charge < -0.3 is 14.6 Å². The van der Waals surface area contributed by atoms with Gasteiger partial charge in [-0.25, -0.2) is 0 Å². The summed E-state index contributed by atoms with van der Waals surface area (Å²) in [5.41, 5.74) is 3.99. The normalized spacial score (nSPS) is 19.3. The van der Waals surface area contributed by atoms with Crippen molar-refractivity contribution in [2.24, 2.45) is 0 Å². The number of para-hydroxylation sites is 1. The molecule has 3 nitrogen and oxygen atoms in total. The van der Waals surface area contributed by atoms with Crippen molar-refractivity contribution in [3.63, 3.8) is 0 Å². The number of aromatic nitrogens is 1. The minimum absolute atomic E-state index is 0.371. The van der Waals surface area contributed by atoms with Crippen LogP contribution in [0.2, 0.25) is 0 Å². The van der Waals surface area contributed by atoms with Gasteiger partial charge in [0, 0.05) is 47.5 Å². The van der Waals surface area contributed by atoms with Crippen molar-refractivity contribution in [1.29, 1.82) is 0 Å². The summed E-state index contributed by atoms with van der Waals surface area (Å²) < 4.78 is 8.18. The molecule has 0 aliphatic carbocycles. The first-order valence-corrected chi connectivity index (χ1v) is 9.13. The van der Waals surface area contributed by atoms with E-state index >= 15 is 0 Å². The third-order valence-electron chi connectivity index (χ3n) is 5.30. The predicted octanol–water partition coefficient (Wildman–Crippen LogP) is 4.47. The van der Waals surface area contributed by atoms with E-state index in [4.69, 9.17) is 4.74 Å². The molecule has 2 aromatic carbocycles. The minimum Gasteiger partial charge on any atom is -0.377 e. The number of fused-ring (bicyclic) bond motifs is 3. The fourth-order valence-electron chi connectivity index (χ4n) is 3.96. The van der Waals surface area contributed by atoms with Gasteiger partial charge >= 0.3 is 0 Å². The van der Waals surface area contributed by atoms with E-state index in [1.54, 1.807) is 0 Å². The topological polar surface area (TPSA) is 26.2 Å². The third kappa shape index (κ3) is 2.72. The molecule has 1 fully saturated rings. The zero-order valence-electron chi connectivity index (χ0n) is 14.6. The van der Waals surface area contributed by atoms with Gasteiger partial charge in [0.1, 0.15) is 0 Å². The summed E-state index contributed by atoms with van der Waals surface area (Å²) in [4.78, 5) is 0. The Labute approximate surface area is 143 Å². The standard InChI is InChI=1S/C21H26N2O/c1-3-23-19-8-5-4-7-17(19)18-13-16(10-11-20(18)23)14-22-15(2)21-9-6-12-24-21/h4-5,7-8,10-11,13,15,21-22H,3,6,9,12,14H2,1-2H3. The molecule has 126 valence electrons. The van der Waals surface area contributed by atoms with Crippen LogP contribution in [0, 0.1) is 0 Å². The molecule has 0 radical (unpaired) electrons. The Morgan fingerprint density at radius 3 is 2.79 bits per heavy atom. The highest BCUT2D eigenvalue weighted by molar-refractivity contribution is 6.08. The molecular weight excluding hydrogens is 296 g/mol. The average molecular weight is 322 g/mol. The number of benzene rings is 2. The van der Waals surface area contributed by atoms with Gasteiger partial charge in [0.2, 0.25) is 0 Å². The highest BCUT2D eigenvalue weighted by Crippen LogP contribution is 2.29. The smallest absolute Gasteiger partial charge is 0.0726 e. The second-order valence-corrected chi connectivity index (χ2v) is 6.83. The number of aryl methyl sites for hydroxylation is 1. The van der Waals surface area contributed by atoms with E-state index in [1.807, 2.05) is 0 Å². The van der Waals surface area contributed by atoms with Crippen LogP contribution in [0.25, 0.3) is 21.8 Å². The fourth-order valence-corrected chi connectivity index (χ4v) is 3.96. The molecule has 3 heteroatoms. The highest BCUT2D eigenvalue weighted by atomic mass is 16.5. The molecule has 2 atom stereocenters. The van der Waals surface area contributed by atoms with Crippen molar-refractivity contribution in [2.45, 2.75) is 51.9 Å². The molecule has 0 spiro atoms. The van der Waals surface area contributed by atoms with Gasteiger partial charge in [-0.05, 0) is 50.5 Å². The maximum atomic E-state index is 5.78. The minimum atomic E-state index is 0.371. The van der Waals surface area contributed by atoms with Crippen molar-refractivity contribution < 1.29 is 4.74 Å². The van der Waals surface area contributed by atoms with Crippen LogP contribution in [0.5, 0.6) is 0 Å². The van der Waals surface area contributed by atoms with Gasteiger partial charge in [-0.2, -0.15) is 0 Å². The zero-order chi connectivity index (χ0) is 16.5. The first-order chi connectivity index (χ1) is 11.8. The van der Waals surface area contributed by atoms with Crippen LogP contribution >= 0.6 is 0 Å². The molecular formula is C21H26N2O. The molecule has 2 heterocycles. The predicted molar refractivity (Wildman–Crippen MR) is 100 cm³/mol. The van der Waals surface area contributed by atoms with Crippen molar-refractivity contribution in [3.8, 4) is 0 Å². The molecule has 1 aromatic heterocycles. The van der Waals surface area contributed by atoms with Gasteiger partial charge in [0.25, 0.3) is 0 Å². The number of ether oxygens (including phenoxy) is 1. The Bertz CT molecular complexity index is 846. The van der Waals surface area contributed by atoms with E-state index in [0.717, 1.165) is 19.7 Å². The molecule has 0 bridgehead atoms. The van der Waals surface area contributed by atoms with Gasteiger partial charge in [-0.3, -0.25) is 0 Å². The van der Waals surface area contributed by atoms with Crippen LogP contribution in [0.15, 0.2) is 42.5 Å². The maximum absolute atomic E-state index is 5.78. The van der Waals surface area contributed by atoms with E-state index < -0.39 is 0 Å². The Kier molecular flexibility index (Phi) is 4.30. The summed E-state index contributed by atoms with van der Waals surface area (Å²) in [6, 6.07) is 16.0. The number of nitrogens with one attached hydrogen (secondary N) is 1. The van der Waals surface area contributed by atoms with Gasteiger partial charge in [0.15, 0.2) is 0 Å². The molecule has 1 N–H and O–H groups in total. The summed E-state index contributed by atoms with van der Waals surface area (Å²) in [7, 11) is 0. The van der Waals surface area contributed by atoms with Crippen LogP contribution in [0.1, 0.15) is 32.3 Å². The van der Waals surface area contributed by atoms with E-state index in [-0.39, 0.29) is 0 Å². The molecule has 0 amide bonds. The quantitative estimate of drug-likeness (QED) is 0.750. The number of nitrogens with zero attached hydrogens (tertiary/aromatic N) is 1. The summed E-state index contributed by atoms with van der Waals surface area (Å²) in [6.07, 6.45) is 2.74. The van der Waals surface area contributed by atoms with Crippen molar-refractivity contribution in [3.05, 3.63) is 48.0 Å². The Hall–Kier alpha value is -1.84. The highest BCUT2D eigenvalue weighted by Gasteiger charge is 2.21. The van der Waals surface area contributed by atoms with E-state index in [0.29, 0.717) is 12.1 Å². The lowest BCUT2D eigenvalue weighted by molar-refractivity contribution is 0.0832. The van der Waals surface area contributed by atoms with Crippen LogP contribution in [0.3, 0.4) is 0 Å². The molecule has 1 saturated heterocycles. The Balaban J connectivity index is 1.62. The van der Waals surface area contributed by atoms with E-state index in [2.05, 4.69) is 66.2 Å². The lowest BCUT2D eigenvalue weighted by Crippen LogP contribution is -2.36. The number of hydrogen-bond acceptors (Lipinski definition) is 2. The average Bonchev–Trinajstić information content (AvgIpc) is 3.25. The molecule has 1 aliphatic rings. The molecule has 2 unspecified atom stereocenters. The van der Waals surface area contributed by atoms with Crippen LogP contribution in [0.4, 0.5) is 0 Å². The fraction of sp³-hybridized carbons (Fsp3) is 0.429. The van der Waals surface area contributed by atoms with Gasteiger partial charge in [-0.1, -0.05) is 24.3 Å². The van der Waals surface area contributed by atoms with E-state index in [1.165, 1.54) is 40.2 Å². The number of rotatable bonds is 5. The molecule has 1 aliphatic heterocycles. The molecule has 4 rings (SSSR count). The van der Waals surface area contributed by atoms with Crippen molar-refractivity contribution in [2.75, 3.05) is 6.61 Å². The van der Waals surface area contributed by atoms with Crippen molar-refractivity contribution in [1.82, 2.24) is 9.88 Å². The Morgan fingerprint density at radius 1 is 1.17 bits per heavy atom.